The molecule has 3 aromatic rings. The summed E-state index contributed by atoms with van der Waals surface area (Å²) in [5.74, 6) is -0.740. The Balaban J connectivity index is 1.32. The maximum atomic E-state index is 13.6. The number of para-hydroxylation sites is 1. The highest BCUT2D eigenvalue weighted by molar-refractivity contribution is 5.89. The molecule has 0 radical (unpaired) electrons. The molecule has 0 saturated carbocycles. The highest BCUT2D eigenvalue weighted by Crippen LogP contribution is 2.38. The van der Waals surface area contributed by atoms with Gasteiger partial charge in [-0.05, 0) is 43.9 Å². The minimum atomic E-state index is -1.13. The molecule has 1 aromatic heterocycles. The molecule has 2 aliphatic heterocycles. The average Bonchev–Trinajstić information content (AvgIpc) is 3.72. The molecule has 0 bridgehead atoms. The molecule has 1 amide bonds. The minimum absolute atomic E-state index is 0.0451. The Morgan fingerprint density at radius 3 is 2.66 bits per heavy atom. The van der Waals surface area contributed by atoms with E-state index in [4.69, 9.17) is 23.9 Å². The van der Waals surface area contributed by atoms with Crippen LogP contribution in [0.1, 0.15) is 43.7 Å². The van der Waals surface area contributed by atoms with Gasteiger partial charge in [-0.1, -0.05) is 42.5 Å². The number of fused-ring (bicyclic) bond motifs is 4. The van der Waals surface area contributed by atoms with Crippen molar-refractivity contribution in [2.75, 3.05) is 31.9 Å². The van der Waals surface area contributed by atoms with Crippen LogP contribution in [0, 0.1) is 0 Å². The van der Waals surface area contributed by atoms with Crippen LogP contribution in [0.2, 0.25) is 0 Å². The molecule has 3 atom stereocenters. The van der Waals surface area contributed by atoms with Crippen molar-refractivity contribution in [3.63, 3.8) is 0 Å². The summed E-state index contributed by atoms with van der Waals surface area (Å²) in [7, 11) is 1.23. The van der Waals surface area contributed by atoms with Crippen LogP contribution < -0.4 is 15.9 Å². The zero-order chi connectivity index (χ0) is 29.0. The largest absolute Gasteiger partial charge is 0.467 e. The monoisotopic (exact) mass is 564 g/mol. The first-order valence-corrected chi connectivity index (χ1v) is 13.5. The molecule has 1 fully saturated rings. The molecule has 12 heteroatoms. The van der Waals surface area contributed by atoms with Gasteiger partial charge in [-0.3, -0.25) is 9.80 Å². The molecule has 2 aromatic carbocycles. The molecular formula is C29H32N4O8. The van der Waals surface area contributed by atoms with Crippen molar-refractivity contribution in [1.29, 1.82) is 0 Å². The van der Waals surface area contributed by atoms with Crippen LogP contribution >= 0.6 is 0 Å². The summed E-state index contributed by atoms with van der Waals surface area (Å²) in [5.41, 5.74) is -0.102. The molecule has 216 valence electrons. The summed E-state index contributed by atoms with van der Waals surface area (Å²) in [6.45, 7) is 2.26. The number of benzene rings is 2. The van der Waals surface area contributed by atoms with E-state index in [9.17, 15) is 19.2 Å². The highest BCUT2D eigenvalue weighted by atomic mass is 16.6. The fourth-order valence-electron chi connectivity index (χ4n) is 5.06. The normalized spacial score (nSPS) is 20.7. The van der Waals surface area contributed by atoms with E-state index in [1.807, 2.05) is 30.3 Å². The first-order valence-electron chi connectivity index (χ1n) is 13.5. The molecule has 5 rings (SSSR count). The third-order valence-electron chi connectivity index (χ3n) is 7.32. The van der Waals surface area contributed by atoms with E-state index in [1.165, 1.54) is 11.8 Å². The number of alkyl carbamates (subject to hydrolysis) is 1. The number of nitrogens with zero attached hydrogens (tertiary/aromatic N) is 3. The summed E-state index contributed by atoms with van der Waals surface area (Å²) < 4.78 is 22.9. The Kier molecular flexibility index (Phi) is 8.20. The van der Waals surface area contributed by atoms with Crippen molar-refractivity contribution < 1.29 is 33.3 Å². The van der Waals surface area contributed by atoms with Gasteiger partial charge in [0.1, 0.15) is 25.4 Å². The fraction of sp³-hybridized carbons (Fsp3) is 0.414. The Hall–Kier alpha value is -4.45. The van der Waals surface area contributed by atoms with Gasteiger partial charge in [0.15, 0.2) is 11.4 Å². The van der Waals surface area contributed by atoms with Crippen molar-refractivity contribution >= 4 is 28.9 Å². The Bertz CT molecular complexity index is 1490. The average molecular weight is 565 g/mol. The lowest BCUT2D eigenvalue weighted by atomic mass is 9.99. The third kappa shape index (κ3) is 5.87. The number of nitrogens with one attached hydrogen (secondary N) is 1. The highest BCUT2D eigenvalue weighted by Gasteiger charge is 2.61. The van der Waals surface area contributed by atoms with E-state index in [0.717, 1.165) is 5.56 Å². The number of carbonyl (C=O) groups is 3. The van der Waals surface area contributed by atoms with Crippen LogP contribution in [0.4, 0.5) is 4.79 Å². The maximum Gasteiger partial charge on any atom is 0.408 e. The molecule has 0 aliphatic carbocycles. The number of amides is 1. The summed E-state index contributed by atoms with van der Waals surface area (Å²) in [4.78, 5) is 56.5. The molecule has 2 aliphatic rings. The third-order valence-corrected chi connectivity index (χ3v) is 7.32. The van der Waals surface area contributed by atoms with Crippen molar-refractivity contribution in [2.24, 2.45) is 0 Å². The van der Waals surface area contributed by atoms with E-state index in [2.05, 4.69) is 5.32 Å². The van der Waals surface area contributed by atoms with Crippen molar-refractivity contribution in [1.82, 2.24) is 15.0 Å². The number of aromatic nitrogens is 2. The second kappa shape index (κ2) is 12.0. The van der Waals surface area contributed by atoms with Gasteiger partial charge in [0, 0.05) is 0 Å². The van der Waals surface area contributed by atoms with E-state index in [0.29, 0.717) is 23.1 Å². The van der Waals surface area contributed by atoms with Crippen LogP contribution in [0.3, 0.4) is 0 Å². The van der Waals surface area contributed by atoms with E-state index < -0.39 is 35.7 Å². The number of esters is 2. The maximum absolute atomic E-state index is 13.6. The Morgan fingerprint density at radius 1 is 1.12 bits per heavy atom. The smallest absolute Gasteiger partial charge is 0.408 e. The first-order chi connectivity index (χ1) is 19.8. The van der Waals surface area contributed by atoms with Gasteiger partial charge < -0.3 is 24.3 Å². The lowest BCUT2D eigenvalue weighted by molar-refractivity contribution is -0.149. The van der Waals surface area contributed by atoms with Crippen molar-refractivity contribution in [2.45, 2.75) is 50.5 Å². The number of ether oxygens (including phenoxy) is 4. The van der Waals surface area contributed by atoms with Gasteiger partial charge in [0.05, 0.1) is 31.2 Å². The van der Waals surface area contributed by atoms with Gasteiger partial charge in [0.25, 0.3) is 5.56 Å². The summed E-state index contributed by atoms with van der Waals surface area (Å²) in [6.07, 6.45) is -0.527. The standard InChI is InChI=1S/C29H32N4O8/c1-19-24-30-22-12-7-6-11-21(22)25(34)33(24)32-18-29(32,27(36)40-16-15-39-19)14-8-13-23(26(35)38-2)31-28(37)41-17-20-9-4-3-5-10-20/h3-7,9-12,19,23H,8,13-18H2,1-2H3,(H,31,37)/t19-,23+,29-,32?/m1/s1. The SMILES string of the molecule is COC(=O)[C@H](CCC[C@]12CN1n1c(nc3ccccc3c1=O)[C@@H](C)OCCOC2=O)NC(=O)OCc1ccccc1. The Labute approximate surface area is 236 Å². The van der Waals surface area contributed by atoms with Crippen LogP contribution in [-0.2, 0) is 35.1 Å². The second-order valence-electron chi connectivity index (χ2n) is 10.0. The summed E-state index contributed by atoms with van der Waals surface area (Å²) >= 11 is 0. The number of hydrogen-bond donors (Lipinski definition) is 1. The van der Waals surface area contributed by atoms with Gasteiger partial charge in [0.2, 0.25) is 0 Å². The molecule has 41 heavy (non-hydrogen) atoms. The molecule has 0 unspecified atom stereocenters. The van der Waals surface area contributed by atoms with Gasteiger partial charge >= 0.3 is 18.0 Å². The quantitative estimate of drug-likeness (QED) is 0.247. The molecule has 12 nitrogen and oxygen atoms in total. The van der Waals surface area contributed by atoms with Gasteiger partial charge in [-0.25, -0.2) is 24.0 Å². The van der Waals surface area contributed by atoms with E-state index in [-0.39, 0.29) is 44.8 Å². The minimum Gasteiger partial charge on any atom is -0.467 e. The van der Waals surface area contributed by atoms with Crippen LogP contribution in [0.15, 0.2) is 59.4 Å². The molecular weight excluding hydrogens is 532 g/mol. The lowest BCUT2D eigenvalue weighted by Gasteiger charge is -2.25. The summed E-state index contributed by atoms with van der Waals surface area (Å²) in [5, 5.41) is 4.62. The van der Waals surface area contributed by atoms with Crippen LogP contribution in [-0.4, -0.2) is 66.1 Å². The fourth-order valence-corrected chi connectivity index (χ4v) is 5.06. The second-order valence-corrected chi connectivity index (χ2v) is 10.0. The zero-order valence-corrected chi connectivity index (χ0v) is 22.9. The number of rotatable bonds is 8. The predicted molar refractivity (Wildman–Crippen MR) is 147 cm³/mol. The van der Waals surface area contributed by atoms with Gasteiger partial charge in [-0.2, -0.15) is 0 Å². The van der Waals surface area contributed by atoms with E-state index >= 15 is 0 Å². The number of cyclic esters (lactones) is 1. The molecule has 3 heterocycles. The lowest BCUT2D eigenvalue weighted by Crippen LogP contribution is -2.44. The van der Waals surface area contributed by atoms with E-state index in [1.54, 1.807) is 36.2 Å². The first kappa shape index (κ1) is 28.1. The van der Waals surface area contributed by atoms with Crippen molar-refractivity contribution in [3.8, 4) is 0 Å². The number of methoxy groups -OCH3 is 1. The predicted octanol–water partition coefficient (Wildman–Crippen LogP) is 2.36. The number of hydrogen-bond acceptors (Lipinski definition) is 10. The summed E-state index contributed by atoms with van der Waals surface area (Å²) in [6, 6.07) is 15.2. The Morgan fingerprint density at radius 2 is 1.88 bits per heavy atom. The van der Waals surface area contributed by atoms with Crippen LogP contribution in [0.25, 0.3) is 10.9 Å². The number of carbonyl (C=O) groups excluding carboxylic acids is 3. The van der Waals surface area contributed by atoms with Gasteiger partial charge in [-0.15, -0.1) is 0 Å². The molecule has 0 spiro atoms. The molecule has 1 saturated heterocycles. The zero-order valence-electron chi connectivity index (χ0n) is 22.9. The topological polar surface area (TPSA) is 138 Å². The van der Waals surface area contributed by atoms with Crippen LogP contribution in [0.5, 0.6) is 0 Å². The van der Waals surface area contributed by atoms with Crippen molar-refractivity contribution in [3.05, 3.63) is 76.3 Å². The molecule has 1 N–H and O–H groups in total.